The van der Waals surface area contributed by atoms with Gasteiger partial charge in [-0.1, -0.05) is 38.2 Å². The first-order chi connectivity index (χ1) is 8.42. The van der Waals surface area contributed by atoms with Crippen molar-refractivity contribution in [3.05, 3.63) is 30.1 Å². The van der Waals surface area contributed by atoms with Crippen molar-refractivity contribution in [1.82, 2.24) is 10.3 Å². The third-order valence-electron chi connectivity index (χ3n) is 3.98. The van der Waals surface area contributed by atoms with Gasteiger partial charge in [-0.25, -0.2) is 0 Å². The zero-order valence-corrected chi connectivity index (χ0v) is 10.9. The smallest absolute Gasteiger partial charge is 0.0361 e. The van der Waals surface area contributed by atoms with Crippen molar-refractivity contribution in [1.29, 1.82) is 0 Å². The quantitative estimate of drug-likeness (QED) is 0.859. The summed E-state index contributed by atoms with van der Waals surface area (Å²) in [5.41, 5.74) is 1.35. The Kier molecular flexibility index (Phi) is 4.99. The maximum Gasteiger partial charge on any atom is 0.0361 e. The van der Waals surface area contributed by atoms with Gasteiger partial charge in [0.25, 0.3) is 0 Å². The Morgan fingerprint density at radius 1 is 1.18 bits per heavy atom. The van der Waals surface area contributed by atoms with Gasteiger partial charge < -0.3 is 5.32 Å². The second kappa shape index (κ2) is 6.75. The van der Waals surface area contributed by atoms with Crippen LogP contribution in [-0.4, -0.2) is 12.0 Å². The lowest BCUT2D eigenvalue weighted by molar-refractivity contribution is 0.299. The zero-order chi connectivity index (χ0) is 11.9. The van der Waals surface area contributed by atoms with Crippen molar-refractivity contribution >= 4 is 0 Å². The molecule has 0 spiro atoms. The Bertz CT molecular complexity index is 302. The highest BCUT2D eigenvalue weighted by Crippen LogP contribution is 2.32. The zero-order valence-electron chi connectivity index (χ0n) is 10.9. The van der Waals surface area contributed by atoms with E-state index in [4.69, 9.17) is 0 Å². The summed E-state index contributed by atoms with van der Waals surface area (Å²) < 4.78 is 0. The Morgan fingerprint density at radius 2 is 1.88 bits per heavy atom. The van der Waals surface area contributed by atoms with E-state index < -0.39 is 0 Å². The van der Waals surface area contributed by atoms with E-state index in [1.54, 1.807) is 0 Å². The molecule has 2 rings (SSSR count). The molecule has 94 valence electrons. The SMILES string of the molecule is CNC(c1cccnc1)C1CCCCCCC1. The molecule has 1 N–H and O–H groups in total. The number of hydrogen-bond acceptors (Lipinski definition) is 2. The summed E-state index contributed by atoms with van der Waals surface area (Å²) in [6, 6.07) is 4.73. The van der Waals surface area contributed by atoms with Crippen molar-refractivity contribution in [2.24, 2.45) is 5.92 Å². The molecule has 0 saturated heterocycles. The molecule has 0 aromatic carbocycles. The Labute approximate surface area is 105 Å². The molecule has 0 amide bonds. The molecule has 0 radical (unpaired) electrons. The highest BCUT2D eigenvalue weighted by Gasteiger charge is 2.22. The van der Waals surface area contributed by atoms with Gasteiger partial charge in [0.05, 0.1) is 0 Å². The minimum atomic E-state index is 0.488. The number of rotatable bonds is 3. The fourth-order valence-corrected chi connectivity index (χ4v) is 3.06. The van der Waals surface area contributed by atoms with Crippen LogP contribution in [-0.2, 0) is 0 Å². The number of pyridine rings is 1. The average Bonchev–Trinajstić information content (AvgIpc) is 2.34. The van der Waals surface area contributed by atoms with Crippen LogP contribution < -0.4 is 5.32 Å². The molecule has 1 aromatic rings. The first-order valence-electron chi connectivity index (χ1n) is 6.99. The van der Waals surface area contributed by atoms with E-state index in [2.05, 4.69) is 23.4 Å². The fraction of sp³-hybridized carbons (Fsp3) is 0.667. The Balaban J connectivity index is 2.05. The van der Waals surface area contributed by atoms with E-state index in [9.17, 15) is 0 Å². The van der Waals surface area contributed by atoms with Crippen LogP contribution in [0.2, 0.25) is 0 Å². The van der Waals surface area contributed by atoms with Gasteiger partial charge in [-0.15, -0.1) is 0 Å². The molecule has 1 heterocycles. The highest BCUT2D eigenvalue weighted by molar-refractivity contribution is 5.14. The lowest BCUT2D eigenvalue weighted by Crippen LogP contribution is -2.26. The monoisotopic (exact) mass is 232 g/mol. The molecular weight excluding hydrogens is 208 g/mol. The van der Waals surface area contributed by atoms with E-state index in [1.165, 1.54) is 50.5 Å². The molecule has 1 unspecified atom stereocenters. The van der Waals surface area contributed by atoms with Gasteiger partial charge in [0.1, 0.15) is 0 Å². The number of nitrogens with zero attached hydrogens (tertiary/aromatic N) is 1. The van der Waals surface area contributed by atoms with Crippen molar-refractivity contribution in [2.45, 2.75) is 51.0 Å². The third-order valence-corrected chi connectivity index (χ3v) is 3.98. The lowest BCUT2D eigenvalue weighted by atomic mass is 9.83. The summed E-state index contributed by atoms with van der Waals surface area (Å²) in [6.45, 7) is 0. The molecule has 0 bridgehead atoms. The van der Waals surface area contributed by atoms with Crippen LogP contribution in [0, 0.1) is 5.92 Å². The molecule has 0 aliphatic heterocycles. The van der Waals surface area contributed by atoms with Crippen LogP contribution >= 0.6 is 0 Å². The first-order valence-corrected chi connectivity index (χ1v) is 6.99. The largest absolute Gasteiger partial charge is 0.313 e. The minimum absolute atomic E-state index is 0.488. The van der Waals surface area contributed by atoms with Crippen LogP contribution in [0.15, 0.2) is 24.5 Å². The van der Waals surface area contributed by atoms with Crippen molar-refractivity contribution in [3.8, 4) is 0 Å². The van der Waals surface area contributed by atoms with E-state index in [-0.39, 0.29) is 0 Å². The molecule has 2 heteroatoms. The molecule has 2 nitrogen and oxygen atoms in total. The summed E-state index contributed by atoms with van der Waals surface area (Å²) in [4.78, 5) is 4.25. The minimum Gasteiger partial charge on any atom is -0.313 e. The Hall–Kier alpha value is -0.890. The number of nitrogens with one attached hydrogen (secondary N) is 1. The summed E-state index contributed by atoms with van der Waals surface area (Å²) in [6.07, 6.45) is 13.6. The molecule has 1 atom stereocenters. The van der Waals surface area contributed by atoms with Crippen molar-refractivity contribution < 1.29 is 0 Å². The fourth-order valence-electron chi connectivity index (χ4n) is 3.06. The van der Waals surface area contributed by atoms with E-state index in [1.807, 2.05) is 18.5 Å². The third kappa shape index (κ3) is 3.53. The predicted octanol–water partition coefficient (Wildman–Crippen LogP) is 3.70. The van der Waals surface area contributed by atoms with Gasteiger partial charge in [0.2, 0.25) is 0 Å². The predicted molar refractivity (Wildman–Crippen MR) is 71.8 cm³/mol. The summed E-state index contributed by atoms with van der Waals surface area (Å²) in [7, 11) is 2.08. The lowest BCUT2D eigenvalue weighted by Gasteiger charge is -2.28. The average molecular weight is 232 g/mol. The van der Waals surface area contributed by atoms with E-state index in [0.717, 1.165) is 5.92 Å². The molecule has 1 fully saturated rings. The molecule has 1 aromatic heterocycles. The summed E-state index contributed by atoms with van der Waals surface area (Å²) in [5, 5.41) is 3.50. The topological polar surface area (TPSA) is 24.9 Å². The summed E-state index contributed by atoms with van der Waals surface area (Å²) in [5.74, 6) is 0.782. The van der Waals surface area contributed by atoms with Gasteiger partial charge >= 0.3 is 0 Å². The molecule has 1 saturated carbocycles. The molecule has 17 heavy (non-hydrogen) atoms. The standard InChI is InChI=1S/C15H24N2/c1-16-15(14-10-7-11-17-12-14)13-8-5-3-2-4-6-9-13/h7,10-13,15-16H,2-6,8-9H2,1H3. The maximum absolute atomic E-state index is 4.25. The van der Waals surface area contributed by atoms with Gasteiger partial charge in [0, 0.05) is 18.4 Å². The molecule has 1 aliphatic carbocycles. The number of aromatic nitrogens is 1. The normalized spacial score (nSPS) is 20.5. The van der Waals surface area contributed by atoms with Gasteiger partial charge in [-0.3, -0.25) is 4.98 Å². The van der Waals surface area contributed by atoms with Crippen LogP contribution in [0.1, 0.15) is 56.6 Å². The maximum atomic E-state index is 4.25. The molecule has 1 aliphatic rings. The van der Waals surface area contributed by atoms with Crippen LogP contribution in [0.25, 0.3) is 0 Å². The summed E-state index contributed by atoms with van der Waals surface area (Å²) >= 11 is 0. The van der Waals surface area contributed by atoms with Crippen LogP contribution in [0.5, 0.6) is 0 Å². The van der Waals surface area contributed by atoms with E-state index in [0.29, 0.717) is 6.04 Å². The second-order valence-electron chi connectivity index (χ2n) is 5.16. The highest BCUT2D eigenvalue weighted by atomic mass is 14.9. The van der Waals surface area contributed by atoms with Gasteiger partial charge in [-0.2, -0.15) is 0 Å². The second-order valence-corrected chi connectivity index (χ2v) is 5.16. The van der Waals surface area contributed by atoms with Gasteiger partial charge in [-0.05, 0) is 37.4 Å². The molecular formula is C15H24N2. The van der Waals surface area contributed by atoms with E-state index >= 15 is 0 Å². The van der Waals surface area contributed by atoms with Crippen LogP contribution in [0.4, 0.5) is 0 Å². The van der Waals surface area contributed by atoms with Crippen molar-refractivity contribution in [2.75, 3.05) is 7.05 Å². The van der Waals surface area contributed by atoms with Gasteiger partial charge in [0.15, 0.2) is 0 Å². The van der Waals surface area contributed by atoms with Crippen LogP contribution in [0.3, 0.4) is 0 Å². The number of hydrogen-bond donors (Lipinski definition) is 1. The van der Waals surface area contributed by atoms with Crippen molar-refractivity contribution in [3.63, 3.8) is 0 Å². The Morgan fingerprint density at radius 3 is 2.47 bits per heavy atom. The first kappa shape index (κ1) is 12.6.